The molecule has 1 N–H and O–H groups in total. The van der Waals surface area contributed by atoms with Crippen LogP contribution in [0, 0.1) is 11.3 Å². The minimum absolute atomic E-state index is 0.304. The van der Waals surface area contributed by atoms with Crippen molar-refractivity contribution in [2.75, 3.05) is 33.2 Å². The monoisotopic (exact) mass is 250 g/mol. The van der Waals surface area contributed by atoms with Gasteiger partial charge < -0.3 is 10.2 Å². The van der Waals surface area contributed by atoms with Crippen LogP contribution in [-0.2, 0) is 4.79 Å². The van der Waals surface area contributed by atoms with Crippen LogP contribution in [0.2, 0.25) is 0 Å². The second-order valence-corrected chi connectivity index (χ2v) is 5.35. The van der Waals surface area contributed by atoms with Crippen LogP contribution in [0.5, 0.6) is 0 Å². The third-order valence-corrected chi connectivity index (χ3v) is 4.52. The van der Waals surface area contributed by atoms with Crippen LogP contribution in [0.4, 0.5) is 0 Å². The Labute approximate surface area is 109 Å². The third kappa shape index (κ3) is 2.65. The molecule has 2 fully saturated rings. The van der Waals surface area contributed by atoms with E-state index in [0.29, 0.717) is 6.04 Å². The Morgan fingerprint density at radius 1 is 1.28 bits per heavy atom. The molecule has 0 aromatic rings. The number of amides is 1. The molecule has 0 bridgehead atoms. The van der Waals surface area contributed by atoms with Gasteiger partial charge in [0.15, 0.2) is 0 Å². The molecule has 2 rings (SSSR count). The van der Waals surface area contributed by atoms with Crippen molar-refractivity contribution < 1.29 is 4.79 Å². The van der Waals surface area contributed by atoms with E-state index >= 15 is 0 Å². The van der Waals surface area contributed by atoms with Gasteiger partial charge in [0, 0.05) is 32.2 Å². The van der Waals surface area contributed by atoms with Crippen molar-refractivity contribution in [1.29, 1.82) is 5.26 Å². The Bertz CT molecular complexity index is 322. The average molecular weight is 250 g/mol. The normalized spacial score (nSPS) is 34.0. The van der Waals surface area contributed by atoms with E-state index in [-0.39, 0.29) is 5.54 Å². The second kappa shape index (κ2) is 5.68. The van der Waals surface area contributed by atoms with Crippen molar-refractivity contribution in [3.8, 4) is 6.07 Å². The van der Waals surface area contributed by atoms with Crippen molar-refractivity contribution in [3.63, 3.8) is 0 Å². The molecule has 0 aromatic carbocycles. The molecule has 1 saturated carbocycles. The first-order valence-corrected chi connectivity index (χ1v) is 6.76. The summed E-state index contributed by atoms with van der Waals surface area (Å²) >= 11 is 0. The largest absolute Gasteiger partial charge is 0.343 e. The molecule has 0 unspecified atom stereocenters. The molecular formula is C13H22N4O. The van der Waals surface area contributed by atoms with Crippen LogP contribution in [0.25, 0.3) is 0 Å². The van der Waals surface area contributed by atoms with Gasteiger partial charge in [0.1, 0.15) is 5.54 Å². The van der Waals surface area contributed by atoms with E-state index < -0.39 is 0 Å². The molecule has 1 aliphatic heterocycles. The van der Waals surface area contributed by atoms with E-state index in [1.807, 2.05) is 11.9 Å². The molecule has 0 aromatic heterocycles. The summed E-state index contributed by atoms with van der Waals surface area (Å²) in [5, 5.41) is 12.4. The summed E-state index contributed by atoms with van der Waals surface area (Å²) in [6.45, 7) is 3.63. The Morgan fingerprint density at radius 2 is 1.89 bits per heavy atom. The van der Waals surface area contributed by atoms with Crippen LogP contribution >= 0.6 is 0 Å². The molecule has 2 aliphatic rings. The van der Waals surface area contributed by atoms with E-state index in [2.05, 4.69) is 16.3 Å². The molecule has 1 heterocycles. The zero-order valence-electron chi connectivity index (χ0n) is 11.1. The lowest BCUT2D eigenvalue weighted by molar-refractivity contribution is -0.120. The lowest BCUT2D eigenvalue weighted by Gasteiger charge is -2.43. The SMILES string of the molecule is CNC1(C#N)CCC(N2CCN(C=O)CC2)CC1. The molecule has 0 atom stereocenters. The van der Waals surface area contributed by atoms with E-state index in [4.69, 9.17) is 0 Å². The maximum absolute atomic E-state index is 10.7. The van der Waals surface area contributed by atoms with Gasteiger partial charge >= 0.3 is 0 Å². The van der Waals surface area contributed by atoms with Gasteiger partial charge in [-0.1, -0.05) is 0 Å². The number of nitriles is 1. The van der Waals surface area contributed by atoms with Crippen molar-refractivity contribution >= 4 is 6.41 Å². The highest BCUT2D eigenvalue weighted by Crippen LogP contribution is 2.30. The maximum Gasteiger partial charge on any atom is 0.209 e. The molecule has 5 heteroatoms. The second-order valence-electron chi connectivity index (χ2n) is 5.35. The highest BCUT2D eigenvalue weighted by Gasteiger charge is 2.36. The summed E-state index contributed by atoms with van der Waals surface area (Å²) in [6, 6.07) is 3.01. The van der Waals surface area contributed by atoms with E-state index in [1.165, 1.54) is 0 Å². The first-order chi connectivity index (χ1) is 8.73. The van der Waals surface area contributed by atoms with Gasteiger partial charge in [-0.15, -0.1) is 0 Å². The van der Waals surface area contributed by atoms with Crippen LogP contribution in [0.1, 0.15) is 25.7 Å². The topological polar surface area (TPSA) is 59.4 Å². The van der Waals surface area contributed by atoms with Gasteiger partial charge in [0.25, 0.3) is 0 Å². The lowest BCUT2D eigenvalue weighted by Crippen LogP contribution is -2.53. The lowest BCUT2D eigenvalue weighted by atomic mass is 9.80. The summed E-state index contributed by atoms with van der Waals surface area (Å²) in [6.07, 6.45) is 4.96. The number of piperazine rings is 1. The number of carbonyl (C=O) groups is 1. The van der Waals surface area contributed by atoms with Crippen molar-refractivity contribution in [2.45, 2.75) is 37.3 Å². The molecular weight excluding hydrogens is 228 g/mol. The first kappa shape index (κ1) is 13.3. The smallest absolute Gasteiger partial charge is 0.209 e. The maximum atomic E-state index is 10.7. The highest BCUT2D eigenvalue weighted by molar-refractivity contribution is 5.47. The van der Waals surface area contributed by atoms with Gasteiger partial charge in [-0.2, -0.15) is 5.26 Å². The van der Waals surface area contributed by atoms with Crippen molar-refractivity contribution in [1.82, 2.24) is 15.1 Å². The zero-order valence-corrected chi connectivity index (χ0v) is 11.1. The Morgan fingerprint density at radius 3 is 2.33 bits per heavy atom. The number of nitrogens with zero attached hydrogens (tertiary/aromatic N) is 3. The summed E-state index contributed by atoms with van der Waals surface area (Å²) in [5.74, 6) is 0. The Balaban J connectivity index is 1.84. The summed E-state index contributed by atoms with van der Waals surface area (Å²) in [7, 11) is 1.88. The predicted octanol–water partition coefficient (Wildman–Crippen LogP) is 0.185. The van der Waals surface area contributed by atoms with E-state index in [0.717, 1.165) is 58.3 Å². The van der Waals surface area contributed by atoms with Gasteiger partial charge in [-0.3, -0.25) is 9.69 Å². The summed E-state index contributed by atoms with van der Waals surface area (Å²) in [4.78, 5) is 15.0. The average Bonchev–Trinajstić information content (AvgIpc) is 2.47. The Hall–Kier alpha value is -1.12. The standard InChI is InChI=1S/C13H22N4O/c1-15-13(10-14)4-2-12(3-5-13)17-8-6-16(11-18)7-9-17/h11-12,15H,2-9H2,1H3. The van der Waals surface area contributed by atoms with Crippen molar-refractivity contribution in [3.05, 3.63) is 0 Å². The molecule has 5 nitrogen and oxygen atoms in total. The number of hydrogen-bond donors (Lipinski definition) is 1. The van der Waals surface area contributed by atoms with Gasteiger partial charge in [-0.25, -0.2) is 0 Å². The molecule has 0 radical (unpaired) electrons. The van der Waals surface area contributed by atoms with Crippen LogP contribution in [0.15, 0.2) is 0 Å². The quantitative estimate of drug-likeness (QED) is 0.726. The molecule has 1 aliphatic carbocycles. The molecule has 18 heavy (non-hydrogen) atoms. The first-order valence-electron chi connectivity index (χ1n) is 6.76. The summed E-state index contributed by atoms with van der Waals surface area (Å²) < 4.78 is 0. The zero-order chi connectivity index (χ0) is 13.0. The van der Waals surface area contributed by atoms with Gasteiger partial charge in [0.05, 0.1) is 6.07 Å². The minimum atomic E-state index is -0.304. The third-order valence-electron chi connectivity index (χ3n) is 4.52. The van der Waals surface area contributed by atoms with Crippen LogP contribution in [-0.4, -0.2) is 61.0 Å². The van der Waals surface area contributed by atoms with Gasteiger partial charge in [0.2, 0.25) is 6.41 Å². The number of nitrogens with one attached hydrogen (secondary N) is 1. The summed E-state index contributed by atoms with van der Waals surface area (Å²) in [5.41, 5.74) is -0.304. The fourth-order valence-electron chi connectivity index (χ4n) is 3.09. The number of rotatable bonds is 3. The van der Waals surface area contributed by atoms with Gasteiger partial charge in [-0.05, 0) is 32.7 Å². The predicted molar refractivity (Wildman–Crippen MR) is 68.9 cm³/mol. The van der Waals surface area contributed by atoms with Crippen LogP contribution < -0.4 is 5.32 Å². The highest BCUT2D eigenvalue weighted by atomic mass is 16.1. The molecule has 0 spiro atoms. The Kier molecular flexibility index (Phi) is 4.20. The number of carbonyl (C=O) groups excluding carboxylic acids is 1. The van der Waals surface area contributed by atoms with Crippen LogP contribution in [0.3, 0.4) is 0 Å². The molecule has 1 saturated heterocycles. The molecule has 100 valence electrons. The molecule has 1 amide bonds. The van der Waals surface area contributed by atoms with E-state index in [9.17, 15) is 10.1 Å². The fourth-order valence-corrected chi connectivity index (χ4v) is 3.09. The van der Waals surface area contributed by atoms with Crippen molar-refractivity contribution in [2.24, 2.45) is 0 Å². The van der Waals surface area contributed by atoms with E-state index in [1.54, 1.807) is 0 Å². The fraction of sp³-hybridized carbons (Fsp3) is 0.846. The minimum Gasteiger partial charge on any atom is -0.343 e. The number of hydrogen-bond acceptors (Lipinski definition) is 4.